The number of aryl methyl sites for hydroxylation is 1. The average molecular weight is 438 g/mol. The lowest BCUT2D eigenvalue weighted by Crippen LogP contribution is -2.05. The fourth-order valence-electron chi connectivity index (χ4n) is 3.54. The molecular formula is C26H26F3N3. The summed E-state index contributed by atoms with van der Waals surface area (Å²) >= 11 is 0. The first-order valence-electron chi connectivity index (χ1n) is 10.5. The molecule has 0 spiro atoms. The van der Waals surface area contributed by atoms with Gasteiger partial charge in [-0.2, -0.15) is 13.2 Å². The molecule has 0 aliphatic heterocycles. The van der Waals surface area contributed by atoms with Gasteiger partial charge in [0.2, 0.25) is 0 Å². The van der Waals surface area contributed by atoms with Gasteiger partial charge in [0.1, 0.15) is 5.82 Å². The van der Waals surface area contributed by atoms with Gasteiger partial charge in [0.05, 0.1) is 0 Å². The smallest absolute Gasteiger partial charge is 0.399 e. The lowest BCUT2D eigenvalue weighted by molar-refractivity contribution is -0.140. The fraction of sp³-hybridized carbons (Fsp3) is 0.192. The molecule has 0 bridgehead atoms. The van der Waals surface area contributed by atoms with Gasteiger partial charge in [0.25, 0.3) is 0 Å². The third-order valence-electron chi connectivity index (χ3n) is 5.04. The molecule has 3 nitrogen and oxygen atoms in total. The third kappa shape index (κ3) is 4.54. The van der Waals surface area contributed by atoms with Crippen molar-refractivity contribution in [2.75, 3.05) is 5.73 Å². The first-order chi connectivity index (χ1) is 15.3. The summed E-state index contributed by atoms with van der Waals surface area (Å²) in [7, 11) is 0. The second-order valence-corrected chi connectivity index (χ2v) is 7.14. The summed E-state index contributed by atoms with van der Waals surface area (Å²) in [5.41, 5.74) is 8.72. The Morgan fingerprint density at radius 1 is 0.969 bits per heavy atom. The zero-order chi connectivity index (χ0) is 23.5. The number of aromatic nitrogens is 2. The quantitative estimate of drug-likeness (QED) is 0.334. The Hall–Kier alpha value is -3.54. The highest BCUT2D eigenvalue weighted by Gasteiger charge is 2.35. The first kappa shape index (κ1) is 23.1. The molecule has 32 heavy (non-hydrogen) atoms. The monoisotopic (exact) mass is 437 g/mol. The number of imidazole rings is 1. The molecule has 166 valence electrons. The van der Waals surface area contributed by atoms with Gasteiger partial charge in [0.15, 0.2) is 5.69 Å². The highest BCUT2D eigenvalue weighted by Crippen LogP contribution is 2.34. The van der Waals surface area contributed by atoms with Gasteiger partial charge in [0, 0.05) is 23.1 Å². The van der Waals surface area contributed by atoms with Crippen molar-refractivity contribution in [1.29, 1.82) is 0 Å². The third-order valence-corrected chi connectivity index (χ3v) is 5.04. The Labute approximate surface area is 186 Å². The van der Waals surface area contributed by atoms with Crippen LogP contribution in [0.25, 0.3) is 33.9 Å². The maximum Gasteiger partial charge on any atom is 0.434 e. The van der Waals surface area contributed by atoms with Crippen molar-refractivity contribution in [2.24, 2.45) is 0 Å². The highest BCUT2D eigenvalue weighted by atomic mass is 19.4. The van der Waals surface area contributed by atoms with E-state index in [9.17, 15) is 13.2 Å². The normalized spacial score (nSPS) is 11.6. The molecule has 1 aromatic heterocycles. The van der Waals surface area contributed by atoms with Gasteiger partial charge in [-0.25, -0.2) is 4.98 Å². The molecule has 2 N–H and O–H groups in total. The van der Waals surface area contributed by atoms with E-state index in [0.717, 1.165) is 28.1 Å². The van der Waals surface area contributed by atoms with Crippen LogP contribution < -0.4 is 5.73 Å². The van der Waals surface area contributed by atoms with Crippen molar-refractivity contribution < 1.29 is 13.2 Å². The zero-order valence-corrected chi connectivity index (χ0v) is 18.5. The summed E-state index contributed by atoms with van der Waals surface area (Å²) in [6.45, 7) is 7.99. The Balaban J connectivity index is 0.00000141. The predicted molar refractivity (Wildman–Crippen MR) is 127 cm³/mol. The van der Waals surface area contributed by atoms with E-state index in [2.05, 4.69) is 4.98 Å². The van der Waals surface area contributed by atoms with E-state index in [1.807, 2.05) is 70.2 Å². The van der Waals surface area contributed by atoms with Crippen LogP contribution in [0.1, 0.15) is 37.6 Å². The predicted octanol–water partition coefficient (Wildman–Crippen LogP) is 7.66. The van der Waals surface area contributed by atoms with Crippen molar-refractivity contribution in [2.45, 2.75) is 33.9 Å². The molecule has 0 saturated heterocycles. The lowest BCUT2D eigenvalue weighted by atomic mass is 9.97. The number of hydrogen-bond acceptors (Lipinski definition) is 2. The van der Waals surface area contributed by atoms with Gasteiger partial charge >= 0.3 is 6.18 Å². The van der Waals surface area contributed by atoms with Gasteiger partial charge < -0.3 is 5.73 Å². The van der Waals surface area contributed by atoms with Crippen LogP contribution in [0.3, 0.4) is 0 Å². The molecule has 0 aliphatic rings. The zero-order valence-electron chi connectivity index (χ0n) is 18.5. The standard InChI is InChI=1S/C24H20F3N3.C2H6/c1-3-4-20-15(2)5-6-16-13-17(7-12-21(16)20)23-29-22(24(25,26)27)14-30(23)19-10-8-18(28)9-11-19;1-2/h3-14H,28H2,1-2H3;1-2H3/b4-3-;. The van der Waals surface area contributed by atoms with Crippen LogP contribution in [-0.4, -0.2) is 9.55 Å². The lowest BCUT2D eigenvalue weighted by Gasteiger charge is -2.11. The number of nitrogens with two attached hydrogens (primary N) is 1. The van der Waals surface area contributed by atoms with E-state index >= 15 is 0 Å². The van der Waals surface area contributed by atoms with E-state index in [0.29, 0.717) is 16.9 Å². The largest absolute Gasteiger partial charge is 0.434 e. The summed E-state index contributed by atoms with van der Waals surface area (Å²) in [5, 5.41) is 1.98. The summed E-state index contributed by atoms with van der Waals surface area (Å²) in [5.74, 6) is 0.224. The maximum absolute atomic E-state index is 13.4. The number of anilines is 1. The molecule has 0 amide bonds. The van der Waals surface area contributed by atoms with Crippen molar-refractivity contribution in [3.8, 4) is 17.1 Å². The van der Waals surface area contributed by atoms with E-state index in [1.165, 1.54) is 4.57 Å². The average Bonchev–Trinajstić information content (AvgIpc) is 3.23. The SMILES string of the molecule is C/C=C\c1c(C)ccc2cc(-c3nc(C(F)(F)F)cn3-c3ccc(N)cc3)ccc12.CC. The van der Waals surface area contributed by atoms with Crippen LogP contribution in [-0.2, 0) is 6.18 Å². The molecule has 0 aliphatic carbocycles. The first-order valence-corrected chi connectivity index (χ1v) is 10.5. The second-order valence-electron chi connectivity index (χ2n) is 7.14. The minimum atomic E-state index is -4.54. The summed E-state index contributed by atoms with van der Waals surface area (Å²) in [6, 6.07) is 16.3. The van der Waals surface area contributed by atoms with Gasteiger partial charge in [-0.05, 0) is 66.1 Å². The number of rotatable bonds is 3. The number of nitrogens with zero attached hydrogens (tertiary/aromatic N) is 2. The number of allylic oxidation sites excluding steroid dienone is 1. The molecule has 4 aromatic rings. The molecule has 0 atom stereocenters. The van der Waals surface area contributed by atoms with E-state index in [1.54, 1.807) is 24.3 Å². The van der Waals surface area contributed by atoms with Crippen LogP contribution in [0.5, 0.6) is 0 Å². The number of benzene rings is 3. The summed E-state index contributed by atoms with van der Waals surface area (Å²) in [6.07, 6.45) is 0.486. The van der Waals surface area contributed by atoms with Gasteiger partial charge in [-0.3, -0.25) is 4.57 Å². The van der Waals surface area contributed by atoms with E-state index in [-0.39, 0.29) is 5.82 Å². The van der Waals surface area contributed by atoms with Crippen LogP contribution in [0.4, 0.5) is 18.9 Å². The Kier molecular flexibility index (Phi) is 6.72. The summed E-state index contributed by atoms with van der Waals surface area (Å²) < 4.78 is 41.7. The molecule has 0 radical (unpaired) electrons. The van der Waals surface area contributed by atoms with E-state index < -0.39 is 11.9 Å². The molecule has 0 saturated carbocycles. The van der Waals surface area contributed by atoms with Crippen molar-refractivity contribution in [1.82, 2.24) is 9.55 Å². The highest BCUT2D eigenvalue weighted by molar-refractivity contribution is 5.94. The van der Waals surface area contributed by atoms with Crippen molar-refractivity contribution in [3.63, 3.8) is 0 Å². The Morgan fingerprint density at radius 2 is 1.66 bits per heavy atom. The maximum atomic E-state index is 13.4. The summed E-state index contributed by atoms with van der Waals surface area (Å²) in [4.78, 5) is 3.93. The topological polar surface area (TPSA) is 43.8 Å². The molecule has 3 aromatic carbocycles. The van der Waals surface area contributed by atoms with Crippen LogP contribution >= 0.6 is 0 Å². The number of hydrogen-bond donors (Lipinski definition) is 1. The van der Waals surface area contributed by atoms with Crippen LogP contribution in [0.15, 0.2) is 66.9 Å². The minimum absolute atomic E-state index is 0.224. The fourth-order valence-corrected chi connectivity index (χ4v) is 3.54. The van der Waals surface area contributed by atoms with Crippen molar-refractivity contribution in [3.05, 3.63) is 83.7 Å². The second kappa shape index (κ2) is 9.30. The van der Waals surface area contributed by atoms with Gasteiger partial charge in [-0.15, -0.1) is 0 Å². The number of nitrogen functional groups attached to an aromatic ring is 1. The Morgan fingerprint density at radius 3 is 2.28 bits per heavy atom. The van der Waals surface area contributed by atoms with Gasteiger partial charge in [-0.1, -0.05) is 50.3 Å². The van der Waals surface area contributed by atoms with Crippen LogP contribution in [0.2, 0.25) is 0 Å². The van der Waals surface area contributed by atoms with Crippen molar-refractivity contribution >= 4 is 22.5 Å². The minimum Gasteiger partial charge on any atom is -0.399 e. The van der Waals surface area contributed by atoms with Crippen LogP contribution in [0, 0.1) is 6.92 Å². The Bertz CT molecular complexity index is 1250. The number of alkyl halides is 3. The molecular weight excluding hydrogens is 411 g/mol. The molecule has 4 rings (SSSR count). The molecule has 0 fully saturated rings. The number of fused-ring (bicyclic) bond motifs is 1. The molecule has 6 heteroatoms. The molecule has 0 unspecified atom stereocenters. The number of halogens is 3. The molecule has 1 heterocycles. The van der Waals surface area contributed by atoms with E-state index in [4.69, 9.17) is 5.73 Å².